The van der Waals surface area contributed by atoms with Crippen molar-refractivity contribution in [3.63, 3.8) is 0 Å². The van der Waals surface area contributed by atoms with Gasteiger partial charge in [-0.3, -0.25) is 4.79 Å². The smallest absolute Gasteiger partial charge is 0.248 e. The van der Waals surface area contributed by atoms with Crippen LogP contribution in [0.25, 0.3) is 27.7 Å². The first kappa shape index (κ1) is 25.1. The monoisotopic (exact) mass is 483 g/mol. The number of benzene rings is 3. The van der Waals surface area contributed by atoms with E-state index in [1.807, 2.05) is 75.4 Å². The molecule has 1 heterocycles. The molecule has 0 atom stereocenters. The highest BCUT2D eigenvalue weighted by Crippen LogP contribution is 2.42. The normalized spacial score (nSPS) is 11.7. The van der Waals surface area contributed by atoms with Gasteiger partial charge in [0.05, 0.1) is 20.0 Å². The lowest BCUT2D eigenvalue weighted by Crippen LogP contribution is -2.09. The first-order valence-electron chi connectivity index (χ1n) is 12.2. The molecule has 5 heteroatoms. The van der Waals surface area contributed by atoms with Crippen LogP contribution in [-0.4, -0.2) is 19.6 Å². The summed E-state index contributed by atoms with van der Waals surface area (Å²) in [4.78, 5) is 12.9. The molecule has 1 amide bonds. The minimum absolute atomic E-state index is 0.192. The number of allylic oxidation sites excluding steroid dienone is 1. The summed E-state index contributed by atoms with van der Waals surface area (Å²) in [5.41, 5.74) is 7.16. The average Bonchev–Trinajstić information content (AvgIpc) is 3.30. The van der Waals surface area contributed by atoms with E-state index in [2.05, 4.69) is 19.2 Å². The van der Waals surface area contributed by atoms with Gasteiger partial charge >= 0.3 is 0 Å². The Morgan fingerprint density at radius 2 is 1.81 bits per heavy atom. The summed E-state index contributed by atoms with van der Waals surface area (Å²) in [6, 6.07) is 17.8. The molecule has 0 unspecified atom stereocenters. The van der Waals surface area contributed by atoms with E-state index in [1.54, 1.807) is 19.4 Å². The number of aryl methyl sites for hydroxylation is 1. The van der Waals surface area contributed by atoms with E-state index in [-0.39, 0.29) is 5.91 Å². The van der Waals surface area contributed by atoms with Crippen LogP contribution in [0.2, 0.25) is 0 Å². The Balaban J connectivity index is 1.75. The topological polar surface area (TPSA) is 60.7 Å². The number of rotatable bonds is 8. The molecule has 0 aliphatic heterocycles. The van der Waals surface area contributed by atoms with Crippen molar-refractivity contribution in [2.75, 3.05) is 19.0 Å². The molecular formula is C31H33NO4. The molecule has 5 nitrogen and oxygen atoms in total. The molecule has 0 fully saturated rings. The van der Waals surface area contributed by atoms with Gasteiger partial charge in [0.2, 0.25) is 5.91 Å². The highest BCUT2D eigenvalue weighted by Gasteiger charge is 2.20. The van der Waals surface area contributed by atoms with Crippen LogP contribution in [0.3, 0.4) is 0 Å². The van der Waals surface area contributed by atoms with Gasteiger partial charge in [-0.25, -0.2) is 0 Å². The zero-order valence-corrected chi connectivity index (χ0v) is 21.8. The lowest BCUT2D eigenvalue weighted by Gasteiger charge is -2.15. The number of hydrogen-bond donors (Lipinski definition) is 1. The summed E-state index contributed by atoms with van der Waals surface area (Å²) in [5.74, 6) is 1.73. The van der Waals surface area contributed by atoms with Crippen LogP contribution in [0.1, 0.15) is 50.3 Å². The van der Waals surface area contributed by atoms with Crippen LogP contribution in [0.15, 0.2) is 71.4 Å². The molecule has 0 saturated carbocycles. The third-order valence-corrected chi connectivity index (χ3v) is 6.35. The molecule has 0 radical (unpaired) electrons. The van der Waals surface area contributed by atoms with Gasteiger partial charge in [0.1, 0.15) is 17.1 Å². The van der Waals surface area contributed by atoms with Gasteiger partial charge in [0, 0.05) is 39.4 Å². The fourth-order valence-corrected chi connectivity index (χ4v) is 4.42. The van der Waals surface area contributed by atoms with Crippen LogP contribution in [0.4, 0.5) is 5.69 Å². The second-order valence-corrected chi connectivity index (χ2v) is 9.13. The molecule has 186 valence electrons. The fourth-order valence-electron chi connectivity index (χ4n) is 4.42. The minimum atomic E-state index is -0.192. The molecule has 0 saturated heterocycles. The fraction of sp³-hybridized carbons (Fsp3) is 0.258. The van der Waals surface area contributed by atoms with Crippen molar-refractivity contribution in [3.05, 3.63) is 83.6 Å². The summed E-state index contributed by atoms with van der Waals surface area (Å²) in [5, 5.41) is 3.91. The number of furan rings is 1. The maximum Gasteiger partial charge on any atom is 0.248 e. The zero-order chi connectivity index (χ0) is 25.8. The second-order valence-electron chi connectivity index (χ2n) is 9.13. The number of carbonyl (C=O) groups excluding carboxylic acids is 1. The summed E-state index contributed by atoms with van der Waals surface area (Å²) in [7, 11) is 1.66. The number of ether oxygens (including phenoxy) is 2. The number of anilines is 1. The zero-order valence-electron chi connectivity index (χ0n) is 21.8. The van der Waals surface area contributed by atoms with Gasteiger partial charge < -0.3 is 19.2 Å². The van der Waals surface area contributed by atoms with Crippen LogP contribution >= 0.6 is 0 Å². The number of amides is 1. The van der Waals surface area contributed by atoms with Gasteiger partial charge in [0.25, 0.3) is 0 Å². The van der Waals surface area contributed by atoms with Crippen molar-refractivity contribution in [1.82, 2.24) is 0 Å². The molecule has 3 aromatic carbocycles. The maximum absolute atomic E-state index is 12.9. The first-order valence-corrected chi connectivity index (χ1v) is 12.2. The molecule has 4 rings (SSSR count). The lowest BCUT2D eigenvalue weighted by atomic mass is 9.96. The summed E-state index contributed by atoms with van der Waals surface area (Å²) < 4.78 is 17.6. The van der Waals surface area contributed by atoms with Crippen LogP contribution in [0.5, 0.6) is 11.5 Å². The second kappa shape index (κ2) is 10.7. The predicted molar refractivity (Wildman–Crippen MR) is 147 cm³/mol. The minimum Gasteiger partial charge on any atom is -0.496 e. The average molecular weight is 484 g/mol. The first-order chi connectivity index (χ1) is 17.3. The molecule has 1 N–H and O–H groups in total. The Kier molecular flexibility index (Phi) is 7.49. The van der Waals surface area contributed by atoms with E-state index < -0.39 is 0 Å². The van der Waals surface area contributed by atoms with Crippen LogP contribution in [0, 0.1) is 6.92 Å². The summed E-state index contributed by atoms with van der Waals surface area (Å²) >= 11 is 0. The number of hydrogen-bond acceptors (Lipinski definition) is 4. The number of nitrogens with one attached hydrogen (secondary N) is 1. The highest BCUT2D eigenvalue weighted by molar-refractivity contribution is 6.06. The molecule has 0 aliphatic carbocycles. The Hall–Kier alpha value is -3.99. The van der Waals surface area contributed by atoms with Crippen molar-refractivity contribution in [1.29, 1.82) is 0 Å². The standard InChI is InChI=1S/C31H33NO4/c1-7-35-30-21(5)31-26(27(18-36-31)24-10-8-9-11-28(24)34-6)17-25(30)20(4)16-29(33)32-23-14-12-22(13-15-23)19(2)3/h8-19H,7H2,1-6H3,(H,32,33)/b20-16+. The molecule has 0 spiro atoms. The lowest BCUT2D eigenvalue weighted by molar-refractivity contribution is -0.111. The van der Waals surface area contributed by atoms with Gasteiger partial charge in [-0.2, -0.15) is 0 Å². The Bertz CT molecular complexity index is 1410. The van der Waals surface area contributed by atoms with E-state index in [9.17, 15) is 4.79 Å². The predicted octanol–water partition coefficient (Wildman–Crippen LogP) is 7.98. The number of methoxy groups -OCH3 is 1. The number of para-hydroxylation sites is 1. The largest absolute Gasteiger partial charge is 0.496 e. The third kappa shape index (κ3) is 5.01. The van der Waals surface area contributed by atoms with Crippen molar-refractivity contribution in [3.8, 4) is 22.6 Å². The Morgan fingerprint density at radius 3 is 2.47 bits per heavy atom. The maximum atomic E-state index is 12.9. The van der Waals surface area contributed by atoms with E-state index in [0.29, 0.717) is 18.3 Å². The van der Waals surface area contributed by atoms with E-state index >= 15 is 0 Å². The molecule has 36 heavy (non-hydrogen) atoms. The van der Waals surface area contributed by atoms with E-state index in [4.69, 9.17) is 13.9 Å². The summed E-state index contributed by atoms with van der Waals surface area (Å²) in [6.45, 7) is 10.6. The summed E-state index contributed by atoms with van der Waals surface area (Å²) in [6.07, 6.45) is 3.37. The van der Waals surface area contributed by atoms with Crippen molar-refractivity contribution >= 4 is 28.1 Å². The molecular weight excluding hydrogens is 450 g/mol. The number of carbonyl (C=O) groups is 1. The van der Waals surface area contributed by atoms with Crippen molar-refractivity contribution < 1.29 is 18.7 Å². The van der Waals surface area contributed by atoms with Crippen molar-refractivity contribution in [2.24, 2.45) is 0 Å². The third-order valence-electron chi connectivity index (χ3n) is 6.35. The molecule has 4 aromatic rings. The van der Waals surface area contributed by atoms with Gasteiger partial charge in [-0.1, -0.05) is 44.2 Å². The van der Waals surface area contributed by atoms with Gasteiger partial charge in [-0.05, 0) is 62.1 Å². The van der Waals surface area contributed by atoms with Crippen molar-refractivity contribution in [2.45, 2.75) is 40.5 Å². The quantitative estimate of drug-likeness (QED) is 0.258. The molecule has 1 aromatic heterocycles. The SMILES string of the molecule is CCOc1c(/C(C)=C/C(=O)Nc2ccc(C(C)C)cc2)cc2c(-c3ccccc3OC)coc2c1C. The van der Waals surface area contributed by atoms with Gasteiger partial charge in [0.15, 0.2) is 0 Å². The highest BCUT2D eigenvalue weighted by atomic mass is 16.5. The van der Waals surface area contributed by atoms with E-state index in [0.717, 1.165) is 50.2 Å². The molecule has 0 bridgehead atoms. The number of fused-ring (bicyclic) bond motifs is 1. The van der Waals surface area contributed by atoms with Crippen LogP contribution < -0.4 is 14.8 Å². The Morgan fingerprint density at radius 1 is 1.08 bits per heavy atom. The van der Waals surface area contributed by atoms with Crippen LogP contribution in [-0.2, 0) is 4.79 Å². The van der Waals surface area contributed by atoms with E-state index in [1.165, 1.54) is 5.56 Å². The van der Waals surface area contributed by atoms with Gasteiger partial charge in [-0.15, -0.1) is 0 Å². The Labute approximate surface area is 212 Å². The molecule has 0 aliphatic rings.